The van der Waals surface area contributed by atoms with Crippen LogP contribution in [0.1, 0.15) is 61.3 Å². The molecule has 0 nitrogen and oxygen atoms in total. The molecule has 0 N–H and O–H groups in total. The Kier molecular flexibility index (Phi) is 6.88. The van der Waals surface area contributed by atoms with E-state index in [4.69, 9.17) is 0 Å². The van der Waals surface area contributed by atoms with E-state index in [-0.39, 0.29) is 5.82 Å². The molecule has 0 saturated heterocycles. The summed E-state index contributed by atoms with van der Waals surface area (Å²) in [6.45, 7) is 4.00. The maximum atomic E-state index is 13.9. The highest BCUT2D eigenvalue weighted by atomic mass is 19.1. The molecule has 0 unspecified atom stereocenters. The topological polar surface area (TPSA) is 0 Å². The smallest absolute Gasteiger partial charge is 0.139 e. The lowest BCUT2D eigenvalue weighted by Crippen LogP contribution is -2.13. The molecule has 1 heteroatoms. The summed E-state index contributed by atoms with van der Waals surface area (Å²) in [4.78, 5) is 0. The summed E-state index contributed by atoms with van der Waals surface area (Å²) in [5.74, 6) is 7.45. The van der Waals surface area contributed by atoms with E-state index in [2.05, 4.69) is 55.2 Å². The van der Waals surface area contributed by atoms with Crippen molar-refractivity contribution in [2.24, 2.45) is 11.8 Å². The van der Waals surface area contributed by atoms with Gasteiger partial charge in [-0.05, 0) is 99.6 Å². The molecular formula is C26H29F. The van der Waals surface area contributed by atoms with Crippen molar-refractivity contribution in [2.75, 3.05) is 0 Å². The average molecular weight is 361 g/mol. The molecule has 2 aromatic carbocycles. The van der Waals surface area contributed by atoms with Crippen LogP contribution in [-0.4, -0.2) is 0 Å². The van der Waals surface area contributed by atoms with Gasteiger partial charge >= 0.3 is 0 Å². The van der Waals surface area contributed by atoms with Crippen LogP contribution >= 0.6 is 0 Å². The average Bonchev–Trinajstić information content (AvgIpc) is 2.68. The zero-order valence-electron chi connectivity index (χ0n) is 16.5. The van der Waals surface area contributed by atoms with Crippen molar-refractivity contribution in [1.29, 1.82) is 0 Å². The zero-order chi connectivity index (χ0) is 19.1. The number of aryl methyl sites for hydroxylation is 2. The van der Waals surface area contributed by atoms with Gasteiger partial charge in [0, 0.05) is 5.56 Å². The molecule has 1 aliphatic rings. The minimum absolute atomic E-state index is 0.247. The van der Waals surface area contributed by atoms with Crippen LogP contribution in [0.25, 0.3) is 0 Å². The lowest BCUT2D eigenvalue weighted by Gasteiger charge is -2.26. The van der Waals surface area contributed by atoms with Crippen LogP contribution in [0.3, 0.4) is 0 Å². The standard InChI is InChI=1S/C26H29F/c1-3-4-21-6-8-22(9-7-21)10-11-23-12-14-24(15-13-23)16-18-25-17-5-20(2)19-26(25)27/h3-5,12-15,17,19,21-22H,6-11H2,1-2H3/b4-3+. The molecule has 27 heavy (non-hydrogen) atoms. The highest BCUT2D eigenvalue weighted by Gasteiger charge is 2.18. The van der Waals surface area contributed by atoms with Gasteiger partial charge in [0.25, 0.3) is 0 Å². The fourth-order valence-electron chi connectivity index (χ4n) is 3.93. The van der Waals surface area contributed by atoms with Crippen LogP contribution in [0.4, 0.5) is 4.39 Å². The van der Waals surface area contributed by atoms with Gasteiger partial charge in [0.1, 0.15) is 5.82 Å². The van der Waals surface area contributed by atoms with Crippen molar-refractivity contribution < 1.29 is 4.39 Å². The van der Waals surface area contributed by atoms with E-state index < -0.39 is 0 Å². The van der Waals surface area contributed by atoms with Crippen molar-refractivity contribution in [2.45, 2.75) is 52.4 Å². The summed E-state index contributed by atoms with van der Waals surface area (Å²) < 4.78 is 13.9. The number of benzene rings is 2. The van der Waals surface area contributed by atoms with E-state index in [0.717, 1.165) is 29.4 Å². The summed E-state index contributed by atoms with van der Waals surface area (Å²) in [7, 11) is 0. The van der Waals surface area contributed by atoms with Crippen molar-refractivity contribution in [3.05, 3.63) is 82.7 Å². The summed E-state index contributed by atoms with van der Waals surface area (Å²) in [5, 5.41) is 0. The van der Waals surface area contributed by atoms with E-state index in [0.29, 0.717) is 5.56 Å². The quantitative estimate of drug-likeness (QED) is 0.413. The highest BCUT2D eigenvalue weighted by Crippen LogP contribution is 2.32. The monoisotopic (exact) mass is 360 g/mol. The number of hydrogen-bond acceptors (Lipinski definition) is 0. The molecule has 0 bridgehead atoms. The first-order valence-electron chi connectivity index (χ1n) is 10.1. The fraction of sp³-hybridized carbons (Fsp3) is 0.385. The summed E-state index contributed by atoms with van der Waals surface area (Å²) >= 11 is 0. The van der Waals surface area contributed by atoms with Gasteiger partial charge in [0.15, 0.2) is 0 Å². The first-order valence-corrected chi connectivity index (χ1v) is 10.1. The molecular weight excluding hydrogens is 331 g/mol. The molecule has 0 aliphatic heterocycles. The third kappa shape index (κ3) is 5.83. The van der Waals surface area contributed by atoms with E-state index in [1.54, 1.807) is 6.07 Å². The molecule has 0 spiro atoms. The van der Waals surface area contributed by atoms with E-state index >= 15 is 0 Å². The number of allylic oxidation sites excluding steroid dienone is 2. The van der Waals surface area contributed by atoms with Crippen molar-refractivity contribution in [1.82, 2.24) is 0 Å². The summed E-state index contributed by atoms with van der Waals surface area (Å²) in [6.07, 6.45) is 12.4. The first kappa shape index (κ1) is 19.4. The molecule has 0 radical (unpaired) electrons. The summed E-state index contributed by atoms with van der Waals surface area (Å²) in [6, 6.07) is 13.6. The van der Waals surface area contributed by atoms with Gasteiger partial charge in [-0.2, -0.15) is 0 Å². The van der Waals surface area contributed by atoms with Crippen LogP contribution in [0.5, 0.6) is 0 Å². The number of hydrogen-bond donors (Lipinski definition) is 0. The van der Waals surface area contributed by atoms with Gasteiger partial charge in [0.05, 0.1) is 5.56 Å². The fourth-order valence-corrected chi connectivity index (χ4v) is 3.93. The van der Waals surface area contributed by atoms with E-state index in [9.17, 15) is 4.39 Å². The van der Waals surface area contributed by atoms with Gasteiger partial charge < -0.3 is 0 Å². The van der Waals surface area contributed by atoms with Crippen LogP contribution in [0.15, 0.2) is 54.6 Å². The second kappa shape index (κ2) is 9.56. The Balaban J connectivity index is 1.52. The highest BCUT2D eigenvalue weighted by molar-refractivity contribution is 5.44. The third-order valence-corrected chi connectivity index (χ3v) is 5.62. The minimum atomic E-state index is -0.247. The molecule has 0 aromatic heterocycles. The second-order valence-electron chi connectivity index (χ2n) is 7.78. The van der Waals surface area contributed by atoms with Gasteiger partial charge in [-0.1, -0.05) is 42.2 Å². The lowest BCUT2D eigenvalue weighted by molar-refractivity contribution is 0.296. The van der Waals surface area contributed by atoms with Crippen LogP contribution in [0.2, 0.25) is 0 Å². The van der Waals surface area contributed by atoms with Crippen molar-refractivity contribution in [3.8, 4) is 11.8 Å². The minimum Gasteiger partial charge on any atom is -0.206 e. The van der Waals surface area contributed by atoms with E-state index in [1.165, 1.54) is 43.7 Å². The normalized spacial score (nSPS) is 19.7. The van der Waals surface area contributed by atoms with E-state index in [1.807, 2.05) is 13.0 Å². The Morgan fingerprint density at radius 3 is 2.41 bits per heavy atom. The molecule has 1 saturated carbocycles. The predicted octanol–water partition coefficient (Wildman–Crippen LogP) is 6.85. The van der Waals surface area contributed by atoms with Gasteiger partial charge in [0.2, 0.25) is 0 Å². The van der Waals surface area contributed by atoms with Crippen LogP contribution in [-0.2, 0) is 6.42 Å². The molecule has 140 valence electrons. The Morgan fingerprint density at radius 2 is 1.74 bits per heavy atom. The van der Waals surface area contributed by atoms with Gasteiger partial charge in [-0.15, -0.1) is 0 Å². The molecule has 3 rings (SSSR count). The first-order chi connectivity index (χ1) is 13.1. The predicted molar refractivity (Wildman–Crippen MR) is 112 cm³/mol. The number of rotatable bonds is 4. The zero-order valence-corrected chi connectivity index (χ0v) is 16.5. The van der Waals surface area contributed by atoms with Crippen molar-refractivity contribution in [3.63, 3.8) is 0 Å². The maximum absolute atomic E-state index is 13.9. The Labute approximate surface area is 163 Å². The second-order valence-corrected chi connectivity index (χ2v) is 7.78. The van der Waals surface area contributed by atoms with Crippen LogP contribution in [0, 0.1) is 36.4 Å². The molecule has 0 amide bonds. The third-order valence-electron chi connectivity index (χ3n) is 5.62. The van der Waals surface area contributed by atoms with Gasteiger partial charge in [-0.3, -0.25) is 0 Å². The summed E-state index contributed by atoms with van der Waals surface area (Å²) in [5.41, 5.74) is 3.68. The van der Waals surface area contributed by atoms with Crippen LogP contribution < -0.4 is 0 Å². The molecule has 0 heterocycles. The molecule has 1 fully saturated rings. The molecule has 2 aromatic rings. The largest absolute Gasteiger partial charge is 0.206 e. The lowest BCUT2D eigenvalue weighted by atomic mass is 9.79. The Bertz CT molecular complexity index is 825. The maximum Gasteiger partial charge on any atom is 0.139 e. The van der Waals surface area contributed by atoms with Gasteiger partial charge in [-0.25, -0.2) is 4.39 Å². The number of halogens is 1. The SMILES string of the molecule is C/C=C/C1CCC(CCc2ccc(C#Cc3ccc(C)cc3F)cc2)CC1. The Morgan fingerprint density at radius 1 is 1.00 bits per heavy atom. The molecule has 1 aliphatic carbocycles. The Hall–Kier alpha value is -2.33. The van der Waals surface area contributed by atoms with Crippen molar-refractivity contribution >= 4 is 0 Å². The molecule has 0 atom stereocenters.